The molecule has 14 heavy (non-hydrogen) atoms. The average Bonchev–Trinajstić information content (AvgIpc) is 2.04. The molecule has 0 amide bonds. The molecule has 0 saturated carbocycles. The lowest BCUT2D eigenvalue weighted by atomic mass is 9.82. The monoisotopic (exact) mass is 214 g/mol. The Hall–Kier alpha value is -1.02. The summed E-state index contributed by atoms with van der Waals surface area (Å²) >= 11 is 0. The zero-order valence-corrected chi connectivity index (χ0v) is 9.17. The van der Waals surface area contributed by atoms with Gasteiger partial charge in [-0.3, -0.25) is 4.79 Å². The fraction of sp³-hybridized carbons (Fsp3) is 0.364. The number of carboxylic acids is 1. The van der Waals surface area contributed by atoms with E-state index in [4.69, 9.17) is 5.11 Å². The van der Waals surface area contributed by atoms with Gasteiger partial charge in [-0.25, -0.2) is 0 Å². The largest absolute Gasteiger partial charge is 0.481 e. The van der Waals surface area contributed by atoms with E-state index in [9.17, 15) is 4.79 Å². The van der Waals surface area contributed by atoms with Crippen molar-refractivity contribution < 1.29 is 9.90 Å². The fourth-order valence-electron chi connectivity index (χ4n) is 1.37. The summed E-state index contributed by atoms with van der Waals surface area (Å²) in [5.41, 5.74) is 0.782. The van der Waals surface area contributed by atoms with Gasteiger partial charge in [-0.2, -0.15) is 0 Å². The van der Waals surface area contributed by atoms with Crippen molar-refractivity contribution in [1.82, 2.24) is 0 Å². The highest BCUT2D eigenvalue weighted by atomic mass is 35.5. The molecule has 0 heterocycles. The van der Waals surface area contributed by atoms with Crippen molar-refractivity contribution >= 4 is 18.4 Å². The van der Waals surface area contributed by atoms with Crippen LogP contribution < -0.4 is 0 Å². The summed E-state index contributed by atoms with van der Waals surface area (Å²) in [7, 11) is 0. The molecule has 3 heteroatoms. The van der Waals surface area contributed by atoms with Crippen LogP contribution in [0.5, 0.6) is 0 Å². The van der Waals surface area contributed by atoms with Crippen LogP contribution in [0.2, 0.25) is 0 Å². The molecule has 0 fully saturated rings. The number of benzene rings is 1. The molecule has 0 radical (unpaired) electrons. The van der Waals surface area contributed by atoms with Gasteiger partial charge in [0, 0.05) is 5.41 Å². The van der Waals surface area contributed by atoms with E-state index in [1.165, 1.54) is 0 Å². The van der Waals surface area contributed by atoms with Crippen LogP contribution >= 0.6 is 12.4 Å². The van der Waals surface area contributed by atoms with Crippen molar-refractivity contribution in [3.63, 3.8) is 0 Å². The molecule has 0 aliphatic heterocycles. The predicted molar refractivity (Wildman–Crippen MR) is 59.0 cm³/mol. The van der Waals surface area contributed by atoms with Crippen molar-refractivity contribution in [2.75, 3.05) is 0 Å². The SMILES string of the molecule is CC(C)(CC(=O)O)c1ccccc1.Cl. The molecule has 0 spiro atoms. The van der Waals surface area contributed by atoms with Crippen LogP contribution in [0.4, 0.5) is 0 Å². The van der Waals surface area contributed by atoms with Gasteiger partial charge in [0.15, 0.2) is 0 Å². The minimum Gasteiger partial charge on any atom is -0.481 e. The first-order valence-electron chi connectivity index (χ1n) is 4.30. The Morgan fingerprint density at radius 3 is 2.21 bits per heavy atom. The van der Waals surface area contributed by atoms with Gasteiger partial charge in [-0.05, 0) is 5.56 Å². The molecular weight excluding hydrogens is 200 g/mol. The maximum absolute atomic E-state index is 10.6. The summed E-state index contributed by atoms with van der Waals surface area (Å²) in [6.07, 6.45) is 0.164. The minimum absolute atomic E-state index is 0. The highest BCUT2D eigenvalue weighted by Gasteiger charge is 2.23. The van der Waals surface area contributed by atoms with Crippen LogP contribution in [0.3, 0.4) is 0 Å². The van der Waals surface area contributed by atoms with Crippen LogP contribution in [0.15, 0.2) is 30.3 Å². The third-order valence-corrected chi connectivity index (χ3v) is 2.15. The van der Waals surface area contributed by atoms with E-state index in [1.807, 2.05) is 44.2 Å². The van der Waals surface area contributed by atoms with Gasteiger partial charge < -0.3 is 5.11 Å². The van der Waals surface area contributed by atoms with E-state index in [2.05, 4.69) is 0 Å². The van der Waals surface area contributed by atoms with Crippen molar-refractivity contribution in [2.24, 2.45) is 0 Å². The molecule has 1 N–H and O–H groups in total. The Morgan fingerprint density at radius 1 is 1.29 bits per heavy atom. The van der Waals surface area contributed by atoms with E-state index >= 15 is 0 Å². The first-order valence-corrected chi connectivity index (χ1v) is 4.30. The third-order valence-electron chi connectivity index (χ3n) is 2.15. The molecule has 1 aromatic carbocycles. The lowest BCUT2D eigenvalue weighted by Gasteiger charge is -2.22. The maximum Gasteiger partial charge on any atom is 0.304 e. The van der Waals surface area contributed by atoms with E-state index in [1.54, 1.807) is 0 Å². The minimum atomic E-state index is -0.756. The van der Waals surface area contributed by atoms with Crippen molar-refractivity contribution in [2.45, 2.75) is 25.7 Å². The van der Waals surface area contributed by atoms with Gasteiger partial charge in [0.1, 0.15) is 0 Å². The predicted octanol–water partition coefficient (Wildman–Crippen LogP) is 2.86. The Balaban J connectivity index is 0.00000169. The molecule has 0 bridgehead atoms. The molecule has 0 atom stereocenters. The number of carbonyl (C=O) groups is 1. The summed E-state index contributed by atoms with van der Waals surface area (Å²) in [6, 6.07) is 9.71. The quantitative estimate of drug-likeness (QED) is 0.840. The Labute approximate surface area is 90.4 Å². The molecular formula is C11H15ClO2. The summed E-state index contributed by atoms with van der Waals surface area (Å²) in [5.74, 6) is -0.756. The van der Waals surface area contributed by atoms with Crippen molar-refractivity contribution in [3.8, 4) is 0 Å². The van der Waals surface area contributed by atoms with Gasteiger partial charge in [-0.1, -0.05) is 44.2 Å². The third kappa shape index (κ3) is 3.38. The van der Waals surface area contributed by atoms with Crippen LogP contribution in [0.25, 0.3) is 0 Å². The van der Waals surface area contributed by atoms with E-state index in [0.717, 1.165) is 5.56 Å². The smallest absolute Gasteiger partial charge is 0.304 e. The zero-order valence-electron chi connectivity index (χ0n) is 8.36. The average molecular weight is 215 g/mol. The van der Waals surface area contributed by atoms with Gasteiger partial charge in [0.25, 0.3) is 0 Å². The second kappa shape index (κ2) is 5.01. The molecule has 0 aliphatic carbocycles. The van der Waals surface area contributed by atoms with Crippen molar-refractivity contribution in [1.29, 1.82) is 0 Å². The van der Waals surface area contributed by atoms with Crippen LogP contribution in [-0.2, 0) is 10.2 Å². The summed E-state index contributed by atoms with van der Waals surface area (Å²) in [4.78, 5) is 10.6. The number of aliphatic carboxylic acids is 1. The number of hydrogen-bond donors (Lipinski definition) is 1. The van der Waals surface area contributed by atoms with E-state index in [-0.39, 0.29) is 24.2 Å². The Kier molecular flexibility index (Phi) is 4.64. The highest BCUT2D eigenvalue weighted by molar-refractivity contribution is 5.85. The van der Waals surface area contributed by atoms with Gasteiger partial charge in [-0.15, -0.1) is 12.4 Å². The molecule has 2 nitrogen and oxygen atoms in total. The molecule has 0 aromatic heterocycles. The molecule has 1 aromatic rings. The van der Waals surface area contributed by atoms with Crippen LogP contribution in [0, 0.1) is 0 Å². The summed E-state index contributed by atoms with van der Waals surface area (Å²) < 4.78 is 0. The first kappa shape index (κ1) is 13.0. The lowest BCUT2D eigenvalue weighted by Crippen LogP contribution is -2.21. The molecule has 0 saturated heterocycles. The highest BCUT2D eigenvalue weighted by Crippen LogP contribution is 2.26. The normalized spacial score (nSPS) is 10.4. The van der Waals surface area contributed by atoms with Crippen LogP contribution in [0.1, 0.15) is 25.8 Å². The molecule has 1 rings (SSSR count). The lowest BCUT2D eigenvalue weighted by molar-refractivity contribution is -0.138. The Bertz CT molecular complexity index is 293. The first-order chi connectivity index (χ1) is 6.02. The molecule has 0 aliphatic rings. The fourth-order valence-corrected chi connectivity index (χ4v) is 1.37. The molecule has 0 unspecified atom stereocenters. The number of hydrogen-bond acceptors (Lipinski definition) is 1. The van der Waals surface area contributed by atoms with Crippen molar-refractivity contribution in [3.05, 3.63) is 35.9 Å². The standard InChI is InChI=1S/C11H14O2.ClH/c1-11(2,8-10(12)13)9-6-4-3-5-7-9;/h3-7H,8H2,1-2H3,(H,12,13);1H. The van der Waals surface area contributed by atoms with Gasteiger partial charge in [0.2, 0.25) is 0 Å². The molecule has 78 valence electrons. The van der Waals surface area contributed by atoms with Gasteiger partial charge in [0.05, 0.1) is 6.42 Å². The Morgan fingerprint density at radius 2 is 1.79 bits per heavy atom. The van der Waals surface area contributed by atoms with E-state index in [0.29, 0.717) is 0 Å². The zero-order chi connectivity index (χ0) is 9.90. The maximum atomic E-state index is 10.6. The summed E-state index contributed by atoms with van der Waals surface area (Å²) in [6.45, 7) is 3.88. The summed E-state index contributed by atoms with van der Waals surface area (Å²) in [5, 5.41) is 8.71. The van der Waals surface area contributed by atoms with Gasteiger partial charge >= 0.3 is 5.97 Å². The number of rotatable bonds is 3. The number of halogens is 1. The van der Waals surface area contributed by atoms with Crippen LogP contribution in [-0.4, -0.2) is 11.1 Å². The number of carboxylic acid groups (broad SMARTS) is 1. The van der Waals surface area contributed by atoms with E-state index < -0.39 is 5.97 Å². The second-order valence-electron chi connectivity index (χ2n) is 3.82. The topological polar surface area (TPSA) is 37.3 Å². The second-order valence-corrected chi connectivity index (χ2v) is 3.82.